The van der Waals surface area contributed by atoms with Crippen molar-refractivity contribution in [3.8, 4) is 10.6 Å². The SMILES string of the molecule is CN(Cc1csc(-c2ccccc2)n1)C(=O)[C@@H]1CCOC1. The highest BCUT2D eigenvalue weighted by Crippen LogP contribution is 2.24. The summed E-state index contributed by atoms with van der Waals surface area (Å²) >= 11 is 1.61. The summed E-state index contributed by atoms with van der Waals surface area (Å²) in [6, 6.07) is 10.1. The molecule has 21 heavy (non-hydrogen) atoms. The Kier molecular flexibility index (Phi) is 4.31. The van der Waals surface area contributed by atoms with E-state index in [0.717, 1.165) is 22.7 Å². The Morgan fingerprint density at radius 1 is 1.43 bits per heavy atom. The molecule has 0 bridgehead atoms. The Balaban J connectivity index is 1.65. The largest absolute Gasteiger partial charge is 0.381 e. The molecule has 1 atom stereocenters. The molecule has 0 radical (unpaired) electrons. The summed E-state index contributed by atoms with van der Waals surface area (Å²) in [5.74, 6) is 0.170. The maximum absolute atomic E-state index is 12.2. The van der Waals surface area contributed by atoms with Gasteiger partial charge >= 0.3 is 0 Å². The molecule has 0 unspecified atom stereocenters. The predicted octanol–water partition coefficient (Wildman–Crippen LogP) is 2.81. The van der Waals surface area contributed by atoms with E-state index in [1.807, 2.05) is 42.8 Å². The Bertz CT molecular complexity index is 606. The van der Waals surface area contributed by atoms with Crippen LogP contribution in [0.3, 0.4) is 0 Å². The van der Waals surface area contributed by atoms with Crippen molar-refractivity contribution in [3.63, 3.8) is 0 Å². The third kappa shape index (κ3) is 3.31. The van der Waals surface area contributed by atoms with Gasteiger partial charge in [0.1, 0.15) is 5.01 Å². The van der Waals surface area contributed by atoms with Crippen LogP contribution in [-0.2, 0) is 16.1 Å². The molecule has 1 aliphatic rings. The fraction of sp³-hybridized carbons (Fsp3) is 0.375. The number of aromatic nitrogens is 1. The fourth-order valence-corrected chi connectivity index (χ4v) is 3.27. The number of thiazole rings is 1. The monoisotopic (exact) mass is 302 g/mol. The van der Waals surface area contributed by atoms with E-state index in [-0.39, 0.29) is 11.8 Å². The molecule has 0 spiro atoms. The first kappa shape index (κ1) is 14.2. The molecule has 1 fully saturated rings. The molecule has 1 aromatic heterocycles. The zero-order valence-electron chi connectivity index (χ0n) is 12.0. The minimum atomic E-state index is 0.0160. The minimum absolute atomic E-state index is 0.0160. The lowest BCUT2D eigenvalue weighted by atomic mass is 10.1. The summed E-state index contributed by atoms with van der Waals surface area (Å²) in [4.78, 5) is 18.6. The summed E-state index contributed by atoms with van der Waals surface area (Å²) in [7, 11) is 1.84. The van der Waals surface area contributed by atoms with Crippen molar-refractivity contribution < 1.29 is 9.53 Å². The van der Waals surface area contributed by atoms with Gasteiger partial charge in [0, 0.05) is 24.6 Å². The zero-order chi connectivity index (χ0) is 14.7. The molecule has 0 aliphatic carbocycles. The zero-order valence-corrected chi connectivity index (χ0v) is 12.8. The molecule has 1 amide bonds. The maximum Gasteiger partial charge on any atom is 0.228 e. The first-order valence-electron chi connectivity index (χ1n) is 7.06. The van der Waals surface area contributed by atoms with Crippen LogP contribution in [0.25, 0.3) is 10.6 Å². The quantitative estimate of drug-likeness (QED) is 0.872. The van der Waals surface area contributed by atoms with Crippen LogP contribution in [0.15, 0.2) is 35.7 Å². The van der Waals surface area contributed by atoms with E-state index in [1.54, 1.807) is 16.2 Å². The summed E-state index contributed by atoms with van der Waals surface area (Å²) in [5, 5.41) is 3.02. The molecule has 4 nitrogen and oxygen atoms in total. The van der Waals surface area contributed by atoms with E-state index < -0.39 is 0 Å². The fourth-order valence-electron chi connectivity index (χ4n) is 2.45. The van der Waals surface area contributed by atoms with Gasteiger partial charge in [0.2, 0.25) is 5.91 Å². The smallest absolute Gasteiger partial charge is 0.228 e. The predicted molar refractivity (Wildman–Crippen MR) is 83.0 cm³/mol. The number of benzene rings is 1. The number of carbonyl (C=O) groups is 1. The van der Waals surface area contributed by atoms with Gasteiger partial charge in [-0.1, -0.05) is 30.3 Å². The van der Waals surface area contributed by atoms with Gasteiger partial charge in [0.05, 0.1) is 24.8 Å². The van der Waals surface area contributed by atoms with Crippen LogP contribution >= 0.6 is 11.3 Å². The number of hydrogen-bond donors (Lipinski definition) is 0. The van der Waals surface area contributed by atoms with Gasteiger partial charge in [-0.05, 0) is 6.42 Å². The summed E-state index contributed by atoms with van der Waals surface area (Å²) in [6.07, 6.45) is 0.829. The number of amides is 1. The Morgan fingerprint density at radius 3 is 2.95 bits per heavy atom. The molecule has 110 valence electrons. The van der Waals surface area contributed by atoms with Gasteiger partial charge in [-0.2, -0.15) is 0 Å². The van der Waals surface area contributed by atoms with Gasteiger partial charge in [-0.25, -0.2) is 4.98 Å². The average Bonchev–Trinajstić information content (AvgIpc) is 3.19. The highest BCUT2D eigenvalue weighted by Gasteiger charge is 2.26. The van der Waals surface area contributed by atoms with Crippen molar-refractivity contribution in [2.24, 2.45) is 5.92 Å². The second-order valence-corrected chi connectivity index (χ2v) is 6.12. The highest BCUT2D eigenvalue weighted by molar-refractivity contribution is 7.13. The Labute approximate surface area is 128 Å². The first-order chi connectivity index (χ1) is 10.2. The van der Waals surface area contributed by atoms with E-state index in [0.29, 0.717) is 19.8 Å². The Hall–Kier alpha value is -1.72. The van der Waals surface area contributed by atoms with Gasteiger partial charge in [-0.3, -0.25) is 4.79 Å². The average molecular weight is 302 g/mol. The van der Waals surface area contributed by atoms with Crippen molar-refractivity contribution in [3.05, 3.63) is 41.4 Å². The summed E-state index contributed by atoms with van der Waals surface area (Å²) in [6.45, 7) is 1.80. The minimum Gasteiger partial charge on any atom is -0.381 e. The first-order valence-corrected chi connectivity index (χ1v) is 7.94. The molecular weight excluding hydrogens is 284 g/mol. The second-order valence-electron chi connectivity index (χ2n) is 5.26. The number of carbonyl (C=O) groups excluding carboxylic acids is 1. The van der Waals surface area contributed by atoms with E-state index in [1.165, 1.54) is 0 Å². The van der Waals surface area contributed by atoms with Crippen LogP contribution in [0.5, 0.6) is 0 Å². The molecule has 2 heterocycles. The van der Waals surface area contributed by atoms with Crippen LogP contribution in [0.4, 0.5) is 0 Å². The van der Waals surface area contributed by atoms with Crippen molar-refractivity contribution in [2.45, 2.75) is 13.0 Å². The van der Waals surface area contributed by atoms with Crippen LogP contribution in [0.2, 0.25) is 0 Å². The van der Waals surface area contributed by atoms with Crippen molar-refractivity contribution in [1.29, 1.82) is 0 Å². The topological polar surface area (TPSA) is 42.4 Å². The third-order valence-electron chi connectivity index (χ3n) is 3.63. The molecule has 2 aromatic rings. The van der Waals surface area contributed by atoms with Crippen LogP contribution in [-0.4, -0.2) is 36.1 Å². The molecule has 0 N–H and O–H groups in total. The number of ether oxygens (including phenoxy) is 1. The van der Waals surface area contributed by atoms with E-state index in [9.17, 15) is 4.79 Å². The Morgan fingerprint density at radius 2 is 2.24 bits per heavy atom. The lowest BCUT2D eigenvalue weighted by molar-refractivity contribution is -0.134. The summed E-state index contributed by atoms with van der Waals surface area (Å²) in [5.41, 5.74) is 2.06. The van der Waals surface area contributed by atoms with Gasteiger partial charge < -0.3 is 9.64 Å². The van der Waals surface area contributed by atoms with Crippen LogP contribution < -0.4 is 0 Å². The van der Waals surface area contributed by atoms with Crippen LogP contribution in [0, 0.1) is 5.92 Å². The lowest BCUT2D eigenvalue weighted by Crippen LogP contribution is -2.32. The van der Waals surface area contributed by atoms with Gasteiger partial charge in [0.15, 0.2) is 0 Å². The lowest BCUT2D eigenvalue weighted by Gasteiger charge is -2.19. The van der Waals surface area contributed by atoms with E-state index in [4.69, 9.17) is 4.74 Å². The number of nitrogens with zero attached hydrogens (tertiary/aromatic N) is 2. The molecule has 1 aliphatic heterocycles. The second kappa shape index (κ2) is 6.37. The normalized spacial score (nSPS) is 17.9. The van der Waals surface area contributed by atoms with Gasteiger partial charge in [-0.15, -0.1) is 11.3 Å². The molecule has 1 aromatic carbocycles. The van der Waals surface area contributed by atoms with E-state index >= 15 is 0 Å². The molecule has 1 saturated heterocycles. The molecule has 3 rings (SSSR count). The standard InChI is InChI=1S/C16H18N2O2S/c1-18(16(19)13-7-8-20-10-13)9-14-11-21-15(17-14)12-5-3-2-4-6-12/h2-6,11,13H,7-10H2,1H3/t13-/m1/s1. The van der Waals surface area contributed by atoms with Crippen molar-refractivity contribution >= 4 is 17.2 Å². The van der Waals surface area contributed by atoms with Crippen LogP contribution in [0.1, 0.15) is 12.1 Å². The number of hydrogen-bond acceptors (Lipinski definition) is 4. The molecule has 5 heteroatoms. The van der Waals surface area contributed by atoms with Gasteiger partial charge in [0.25, 0.3) is 0 Å². The molecular formula is C16H18N2O2S. The highest BCUT2D eigenvalue weighted by atomic mass is 32.1. The molecule has 0 saturated carbocycles. The third-order valence-corrected chi connectivity index (χ3v) is 4.57. The van der Waals surface area contributed by atoms with Crippen molar-refractivity contribution in [2.75, 3.05) is 20.3 Å². The summed E-state index contributed by atoms with van der Waals surface area (Å²) < 4.78 is 5.28. The van der Waals surface area contributed by atoms with E-state index in [2.05, 4.69) is 4.98 Å². The number of rotatable bonds is 4. The maximum atomic E-state index is 12.2. The van der Waals surface area contributed by atoms with Crippen molar-refractivity contribution in [1.82, 2.24) is 9.88 Å².